The SMILES string of the molecule is CCCCCCCC/C=C\CCCCCCCC(=O)Nc1ccc(F)cc1F. The number of rotatable bonds is 16. The molecule has 0 atom stereocenters. The van der Waals surface area contributed by atoms with Crippen LogP contribution in [0.2, 0.25) is 0 Å². The third-order valence-corrected chi connectivity index (χ3v) is 4.87. The summed E-state index contributed by atoms with van der Waals surface area (Å²) in [6.45, 7) is 2.25. The normalized spacial score (nSPS) is 11.2. The first-order valence-corrected chi connectivity index (χ1v) is 11.0. The van der Waals surface area contributed by atoms with Gasteiger partial charge in [-0.2, -0.15) is 0 Å². The van der Waals surface area contributed by atoms with E-state index in [4.69, 9.17) is 0 Å². The van der Waals surface area contributed by atoms with Crippen molar-refractivity contribution in [2.75, 3.05) is 5.32 Å². The first kappa shape index (κ1) is 24.3. The van der Waals surface area contributed by atoms with Crippen LogP contribution in [0.15, 0.2) is 30.4 Å². The standard InChI is InChI=1S/C24H37F2NO/c1-2-3-4-5-6-7-8-9-10-11-12-13-14-15-16-17-24(28)27-23-19-18-21(25)20-22(23)26/h9-10,18-20H,2-8,11-17H2,1H3,(H,27,28)/b10-9-. The van der Waals surface area contributed by atoms with Gasteiger partial charge in [0.2, 0.25) is 5.91 Å². The summed E-state index contributed by atoms with van der Waals surface area (Å²) in [5.41, 5.74) is 0.0409. The average Bonchev–Trinajstić information content (AvgIpc) is 2.67. The molecule has 0 aliphatic rings. The van der Waals surface area contributed by atoms with Crippen molar-refractivity contribution >= 4 is 11.6 Å². The molecule has 28 heavy (non-hydrogen) atoms. The molecule has 0 aromatic heterocycles. The average molecular weight is 394 g/mol. The van der Waals surface area contributed by atoms with Gasteiger partial charge in [0.05, 0.1) is 5.69 Å². The Morgan fingerprint density at radius 2 is 1.43 bits per heavy atom. The molecule has 0 saturated carbocycles. The molecule has 1 aromatic rings. The van der Waals surface area contributed by atoms with Crippen molar-refractivity contribution in [1.29, 1.82) is 0 Å². The molecule has 0 spiro atoms. The predicted octanol–water partition coefficient (Wildman–Crippen LogP) is 7.94. The number of anilines is 1. The molecule has 0 aliphatic carbocycles. The van der Waals surface area contributed by atoms with Gasteiger partial charge in [0.15, 0.2) is 0 Å². The molecule has 1 N–H and O–H groups in total. The van der Waals surface area contributed by atoms with Crippen molar-refractivity contribution < 1.29 is 13.6 Å². The van der Waals surface area contributed by atoms with Crippen molar-refractivity contribution in [1.82, 2.24) is 0 Å². The second-order valence-electron chi connectivity index (χ2n) is 7.51. The van der Waals surface area contributed by atoms with Crippen molar-refractivity contribution in [3.05, 3.63) is 42.0 Å². The number of unbranched alkanes of at least 4 members (excludes halogenated alkanes) is 11. The summed E-state index contributed by atoms with van der Waals surface area (Å²) in [5, 5.41) is 2.50. The lowest BCUT2D eigenvalue weighted by Gasteiger charge is -2.06. The van der Waals surface area contributed by atoms with E-state index in [0.29, 0.717) is 6.42 Å². The van der Waals surface area contributed by atoms with Gasteiger partial charge in [-0.05, 0) is 44.2 Å². The molecule has 1 rings (SSSR count). The zero-order chi connectivity index (χ0) is 20.5. The summed E-state index contributed by atoms with van der Waals surface area (Å²) < 4.78 is 26.3. The zero-order valence-electron chi connectivity index (χ0n) is 17.5. The molecule has 0 bridgehead atoms. The number of allylic oxidation sites excluding steroid dienone is 2. The summed E-state index contributed by atoms with van der Waals surface area (Å²) in [5.74, 6) is -1.60. The molecular formula is C24H37F2NO. The number of amides is 1. The lowest BCUT2D eigenvalue weighted by atomic mass is 10.1. The van der Waals surface area contributed by atoms with Crippen molar-refractivity contribution in [2.24, 2.45) is 0 Å². The van der Waals surface area contributed by atoms with E-state index in [1.165, 1.54) is 63.9 Å². The Morgan fingerprint density at radius 3 is 2.04 bits per heavy atom. The van der Waals surface area contributed by atoms with E-state index in [1.807, 2.05) is 0 Å². The molecule has 0 heterocycles. The number of nitrogens with one attached hydrogen (secondary N) is 1. The molecule has 0 aliphatic heterocycles. The van der Waals surface area contributed by atoms with Crippen LogP contribution < -0.4 is 5.32 Å². The second kappa shape index (κ2) is 16.3. The maximum absolute atomic E-state index is 13.5. The number of hydrogen-bond donors (Lipinski definition) is 1. The van der Waals surface area contributed by atoms with Crippen molar-refractivity contribution in [2.45, 2.75) is 96.8 Å². The molecule has 1 amide bonds. The molecule has 0 radical (unpaired) electrons. The van der Waals surface area contributed by atoms with E-state index in [9.17, 15) is 13.6 Å². The highest BCUT2D eigenvalue weighted by Gasteiger charge is 2.07. The number of carbonyl (C=O) groups is 1. The molecule has 158 valence electrons. The first-order valence-electron chi connectivity index (χ1n) is 11.0. The fourth-order valence-corrected chi connectivity index (χ4v) is 3.16. The summed E-state index contributed by atoms with van der Waals surface area (Å²) in [4.78, 5) is 11.8. The smallest absolute Gasteiger partial charge is 0.224 e. The highest BCUT2D eigenvalue weighted by atomic mass is 19.1. The topological polar surface area (TPSA) is 29.1 Å². The van der Waals surface area contributed by atoms with Gasteiger partial charge in [-0.3, -0.25) is 4.79 Å². The maximum Gasteiger partial charge on any atom is 0.224 e. The van der Waals surface area contributed by atoms with E-state index >= 15 is 0 Å². The fourth-order valence-electron chi connectivity index (χ4n) is 3.16. The molecule has 1 aromatic carbocycles. The van der Waals surface area contributed by atoms with E-state index < -0.39 is 11.6 Å². The van der Waals surface area contributed by atoms with Crippen LogP contribution in [0.3, 0.4) is 0 Å². The molecule has 0 fully saturated rings. The van der Waals surface area contributed by atoms with Gasteiger partial charge in [-0.25, -0.2) is 8.78 Å². The van der Waals surface area contributed by atoms with E-state index in [-0.39, 0.29) is 11.6 Å². The largest absolute Gasteiger partial charge is 0.324 e. The van der Waals surface area contributed by atoms with Gasteiger partial charge >= 0.3 is 0 Å². The minimum absolute atomic E-state index is 0.0409. The Hall–Kier alpha value is -1.71. The van der Waals surface area contributed by atoms with Gasteiger partial charge in [-0.15, -0.1) is 0 Å². The van der Waals surface area contributed by atoms with E-state index in [1.54, 1.807) is 0 Å². The van der Waals surface area contributed by atoms with Crippen LogP contribution in [0.4, 0.5) is 14.5 Å². The lowest BCUT2D eigenvalue weighted by molar-refractivity contribution is -0.116. The highest BCUT2D eigenvalue weighted by Crippen LogP contribution is 2.16. The summed E-state index contributed by atoms with van der Waals surface area (Å²) in [6.07, 6.45) is 20.7. The zero-order valence-corrected chi connectivity index (χ0v) is 17.5. The lowest BCUT2D eigenvalue weighted by Crippen LogP contribution is -2.12. The van der Waals surface area contributed by atoms with Crippen LogP contribution in [-0.2, 0) is 4.79 Å². The Morgan fingerprint density at radius 1 is 0.857 bits per heavy atom. The molecule has 4 heteroatoms. The van der Waals surface area contributed by atoms with Gasteiger partial charge in [0, 0.05) is 12.5 Å². The number of hydrogen-bond acceptors (Lipinski definition) is 1. The monoisotopic (exact) mass is 393 g/mol. The van der Waals surface area contributed by atoms with E-state index in [0.717, 1.165) is 37.8 Å². The quantitative estimate of drug-likeness (QED) is 0.224. The van der Waals surface area contributed by atoms with Gasteiger partial charge < -0.3 is 5.32 Å². The summed E-state index contributed by atoms with van der Waals surface area (Å²) in [6, 6.07) is 3.17. The molecule has 0 saturated heterocycles. The Kier molecular flexibility index (Phi) is 14.1. The Bertz CT molecular complexity index is 572. The minimum Gasteiger partial charge on any atom is -0.324 e. The number of halogens is 2. The third kappa shape index (κ3) is 12.6. The fraction of sp³-hybridized carbons (Fsp3) is 0.625. The highest BCUT2D eigenvalue weighted by molar-refractivity contribution is 5.90. The number of carbonyl (C=O) groups excluding carboxylic acids is 1. The van der Waals surface area contributed by atoms with Crippen LogP contribution in [0.25, 0.3) is 0 Å². The molecule has 2 nitrogen and oxygen atoms in total. The minimum atomic E-state index is -0.738. The third-order valence-electron chi connectivity index (χ3n) is 4.87. The van der Waals surface area contributed by atoms with Crippen LogP contribution in [-0.4, -0.2) is 5.91 Å². The van der Waals surface area contributed by atoms with Gasteiger partial charge in [0.1, 0.15) is 11.6 Å². The van der Waals surface area contributed by atoms with Crippen molar-refractivity contribution in [3.63, 3.8) is 0 Å². The second-order valence-corrected chi connectivity index (χ2v) is 7.51. The van der Waals surface area contributed by atoms with Gasteiger partial charge in [0.25, 0.3) is 0 Å². The Balaban J connectivity index is 1.92. The number of benzene rings is 1. The van der Waals surface area contributed by atoms with Gasteiger partial charge in [-0.1, -0.05) is 70.4 Å². The van der Waals surface area contributed by atoms with Crippen molar-refractivity contribution in [3.8, 4) is 0 Å². The van der Waals surface area contributed by atoms with Crippen LogP contribution in [0.1, 0.15) is 96.8 Å². The van der Waals surface area contributed by atoms with E-state index in [2.05, 4.69) is 24.4 Å². The summed E-state index contributed by atoms with van der Waals surface area (Å²) in [7, 11) is 0. The molecular weight excluding hydrogens is 356 g/mol. The maximum atomic E-state index is 13.5. The Labute approximate surface area is 169 Å². The predicted molar refractivity (Wildman–Crippen MR) is 114 cm³/mol. The molecule has 0 unspecified atom stereocenters. The van der Waals surface area contributed by atoms with Crippen LogP contribution >= 0.6 is 0 Å². The summed E-state index contributed by atoms with van der Waals surface area (Å²) >= 11 is 0. The first-order chi connectivity index (χ1) is 13.6. The van der Waals surface area contributed by atoms with Crippen LogP contribution in [0, 0.1) is 11.6 Å². The van der Waals surface area contributed by atoms with Crippen LogP contribution in [0.5, 0.6) is 0 Å².